The van der Waals surface area contributed by atoms with Gasteiger partial charge in [0.2, 0.25) is 11.8 Å². The van der Waals surface area contributed by atoms with Crippen molar-refractivity contribution in [3.8, 4) is 0 Å². The monoisotopic (exact) mass is 364 g/mol. The Morgan fingerprint density at radius 1 is 1.23 bits per heavy atom. The van der Waals surface area contributed by atoms with E-state index in [1.54, 1.807) is 19.2 Å². The van der Waals surface area contributed by atoms with Crippen molar-refractivity contribution in [2.24, 2.45) is 0 Å². The number of thioether (sulfide) groups is 1. The predicted octanol–water partition coefficient (Wildman–Crippen LogP) is 2.11. The fraction of sp³-hybridized carbons (Fsp3) is 0.429. The minimum atomic E-state index is -0.240. The number of nitrogens with one attached hydrogen (secondary N) is 2. The van der Waals surface area contributed by atoms with E-state index in [1.165, 1.54) is 11.8 Å². The Labute approximate surface area is 144 Å². The Balaban J connectivity index is 2.19. The molecule has 5 nitrogen and oxygen atoms in total. The zero-order valence-electron chi connectivity index (χ0n) is 12.2. The summed E-state index contributed by atoms with van der Waals surface area (Å²) in [4.78, 5) is 23.0. The lowest BCUT2D eigenvalue weighted by atomic mass is 10.2. The Kier molecular flexibility index (Phi) is 9.31. The molecule has 8 heteroatoms. The standard InChI is InChI=1S/C14H18Cl2N2O3S/c1-21-5-4-17-13(19)7-18-14(20)9-22-8-10-2-3-11(15)6-12(10)16/h2-3,6H,4-5,7-9H2,1H3,(H,17,19)(H,18,20). The molecule has 0 atom stereocenters. The van der Waals surface area contributed by atoms with Crippen LogP contribution in [0.25, 0.3) is 0 Å². The Bertz CT molecular complexity index is 515. The number of halogens is 2. The number of amides is 2. The van der Waals surface area contributed by atoms with Gasteiger partial charge in [-0.1, -0.05) is 29.3 Å². The molecule has 0 fully saturated rings. The van der Waals surface area contributed by atoms with Crippen LogP contribution in [-0.2, 0) is 20.1 Å². The van der Waals surface area contributed by atoms with Crippen molar-refractivity contribution in [1.82, 2.24) is 10.6 Å². The summed E-state index contributed by atoms with van der Waals surface area (Å²) in [6.07, 6.45) is 0. The van der Waals surface area contributed by atoms with Gasteiger partial charge in [-0.25, -0.2) is 0 Å². The normalized spacial score (nSPS) is 10.3. The van der Waals surface area contributed by atoms with Crippen molar-refractivity contribution in [1.29, 1.82) is 0 Å². The highest BCUT2D eigenvalue weighted by Gasteiger charge is 2.07. The molecule has 2 N–H and O–H groups in total. The molecule has 0 bridgehead atoms. The van der Waals surface area contributed by atoms with Gasteiger partial charge < -0.3 is 15.4 Å². The lowest BCUT2D eigenvalue weighted by molar-refractivity contribution is -0.124. The second-order valence-electron chi connectivity index (χ2n) is 4.35. The van der Waals surface area contributed by atoms with E-state index in [1.807, 2.05) is 6.07 Å². The van der Waals surface area contributed by atoms with Gasteiger partial charge in [-0.15, -0.1) is 11.8 Å². The van der Waals surface area contributed by atoms with Gasteiger partial charge in [0.1, 0.15) is 0 Å². The van der Waals surface area contributed by atoms with Gasteiger partial charge >= 0.3 is 0 Å². The van der Waals surface area contributed by atoms with Crippen LogP contribution in [-0.4, -0.2) is 44.4 Å². The smallest absolute Gasteiger partial charge is 0.239 e. The third kappa shape index (κ3) is 7.89. The second-order valence-corrected chi connectivity index (χ2v) is 6.18. The fourth-order valence-electron chi connectivity index (χ4n) is 1.48. The largest absolute Gasteiger partial charge is 0.383 e. The first-order valence-electron chi connectivity index (χ1n) is 6.57. The van der Waals surface area contributed by atoms with Gasteiger partial charge in [-0.3, -0.25) is 9.59 Å². The zero-order chi connectivity index (χ0) is 16.4. The lowest BCUT2D eigenvalue weighted by Gasteiger charge is -2.07. The molecule has 0 aliphatic rings. The highest BCUT2D eigenvalue weighted by molar-refractivity contribution is 7.99. The van der Waals surface area contributed by atoms with Crippen LogP contribution in [0.5, 0.6) is 0 Å². The third-order valence-electron chi connectivity index (χ3n) is 2.58. The summed E-state index contributed by atoms with van der Waals surface area (Å²) in [7, 11) is 1.55. The van der Waals surface area contributed by atoms with E-state index in [-0.39, 0.29) is 24.1 Å². The summed E-state index contributed by atoms with van der Waals surface area (Å²) < 4.78 is 4.81. The molecule has 22 heavy (non-hydrogen) atoms. The molecule has 0 aliphatic carbocycles. The van der Waals surface area contributed by atoms with Crippen LogP contribution in [0.15, 0.2) is 18.2 Å². The number of hydrogen-bond acceptors (Lipinski definition) is 4. The highest BCUT2D eigenvalue weighted by atomic mass is 35.5. The maximum Gasteiger partial charge on any atom is 0.239 e. The summed E-state index contributed by atoms with van der Waals surface area (Å²) in [5.74, 6) is 0.418. The zero-order valence-corrected chi connectivity index (χ0v) is 14.5. The van der Waals surface area contributed by atoms with Gasteiger partial charge in [0.25, 0.3) is 0 Å². The van der Waals surface area contributed by atoms with E-state index >= 15 is 0 Å². The van der Waals surface area contributed by atoms with Crippen LogP contribution >= 0.6 is 35.0 Å². The second kappa shape index (κ2) is 10.7. The van der Waals surface area contributed by atoms with E-state index in [0.717, 1.165) is 5.56 Å². The average molecular weight is 365 g/mol. The Morgan fingerprint density at radius 2 is 2.00 bits per heavy atom. The fourth-order valence-corrected chi connectivity index (χ4v) is 2.89. The predicted molar refractivity (Wildman–Crippen MR) is 90.5 cm³/mol. The van der Waals surface area contributed by atoms with Gasteiger partial charge in [-0.2, -0.15) is 0 Å². The molecule has 0 aliphatic heterocycles. The first kappa shape index (κ1) is 19.1. The molecular weight excluding hydrogens is 347 g/mol. The van der Waals surface area contributed by atoms with E-state index in [2.05, 4.69) is 10.6 Å². The van der Waals surface area contributed by atoms with Crippen LogP contribution in [0, 0.1) is 0 Å². The van der Waals surface area contributed by atoms with E-state index in [9.17, 15) is 9.59 Å². The van der Waals surface area contributed by atoms with Crippen molar-refractivity contribution in [2.45, 2.75) is 5.75 Å². The lowest BCUT2D eigenvalue weighted by Crippen LogP contribution is -2.38. The maximum absolute atomic E-state index is 11.6. The molecule has 2 amide bonds. The summed E-state index contributed by atoms with van der Waals surface area (Å²) in [6.45, 7) is 0.831. The number of hydrogen-bond donors (Lipinski definition) is 2. The average Bonchev–Trinajstić information content (AvgIpc) is 2.47. The molecule has 0 saturated heterocycles. The van der Waals surface area contributed by atoms with Crippen molar-refractivity contribution < 1.29 is 14.3 Å². The first-order chi connectivity index (χ1) is 10.5. The van der Waals surface area contributed by atoms with Crippen molar-refractivity contribution in [2.75, 3.05) is 32.6 Å². The molecule has 0 aromatic heterocycles. The van der Waals surface area contributed by atoms with Crippen LogP contribution in [0.2, 0.25) is 10.0 Å². The van der Waals surface area contributed by atoms with E-state index < -0.39 is 0 Å². The highest BCUT2D eigenvalue weighted by Crippen LogP contribution is 2.24. The van der Waals surface area contributed by atoms with Gasteiger partial charge in [0.15, 0.2) is 0 Å². The number of carbonyl (C=O) groups excluding carboxylic acids is 2. The number of ether oxygens (including phenoxy) is 1. The molecule has 1 aromatic carbocycles. The Morgan fingerprint density at radius 3 is 2.68 bits per heavy atom. The minimum absolute atomic E-state index is 0.0369. The van der Waals surface area contributed by atoms with Crippen LogP contribution < -0.4 is 10.6 Å². The minimum Gasteiger partial charge on any atom is -0.383 e. The van der Waals surface area contributed by atoms with Gasteiger partial charge in [0, 0.05) is 29.5 Å². The van der Waals surface area contributed by atoms with Crippen LogP contribution in [0.4, 0.5) is 0 Å². The maximum atomic E-state index is 11.6. The van der Waals surface area contributed by atoms with Crippen molar-refractivity contribution in [3.05, 3.63) is 33.8 Å². The number of methoxy groups -OCH3 is 1. The molecule has 1 rings (SSSR count). The van der Waals surface area contributed by atoms with Gasteiger partial charge in [-0.05, 0) is 17.7 Å². The topological polar surface area (TPSA) is 67.4 Å². The molecule has 0 heterocycles. The summed E-state index contributed by atoms with van der Waals surface area (Å²) >= 11 is 13.3. The van der Waals surface area contributed by atoms with E-state index in [4.69, 9.17) is 27.9 Å². The van der Waals surface area contributed by atoms with Crippen LogP contribution in [0.3, 0.4) is 0 Å². The molecule has 1 aromatic rings. The SMILES string of the molecule is COCCNC(=O)CNC(=O)CSCc1ccc(Cl)cc1Cl. The summed E-state index contributed by atoms with van der Waals surface area (Å²) in [5.41, 5.74) is 0.918. The molecule has 0 spiro atoms. The molecular formula is C14H18Cl2N2O3S. The number of carbonyl (C=O) groups is 2. The third-order valence-corrected chi connectivity index (χ3v) is 4.15. The summed E-state index contributed by atoms with van der Waals surface area (Å²) in [6, 6.07) is 5.26. The molecule has 0 saturated carbocycles. The van der Waals surface area contributed by atoms with Crippen molar-refractivity contribution >= 4 is 46.8 Å². The molecule has 0 radical (unpaired) electrons. The number of benzene rings is 1. The van der Waals surface area contributed by atoms with Crippen LogP contribution in [0.1, 0.15) is 5.56 Å². The first-order valence-corrected chi connectivity index (χ1v) is 8.48. The van der Waals surface area contributed by atoms with Gasteiger partial charge in [0.05, 0.1) is 18.9 Å². The summed E-state index contributed by atoms with van der Waals surface area (Å²) in [5, 5.41) is 6.33. The molecule has 122 valence electrons. The Hall–Kier alpha value is -0.950. The molecule has 0 unspecified atom stereocenters. The van der Waals surface area contributed by atoms with Crippen molar-refractivity contribution in [3.63, 3.8) is 0 Å². The number of rotatable bonds is 9. The quantitative estimate of drug-likeness (QED) is 0.658. The van der Waals surface area contributed by atoms with E-state index in [0.29, 0.717) is 28.9 Å².